The number of anilines is 2. The summed E-state index contributed by atoms with van der Waals surface area (Å²) < 4.78 is 0. The summed E-state index contributed by atoms with van der Waals surface area (Å²) in [5, 5.41) is 0. The Morgan fingerprint density at radius 2 is 1.70 bits per heavy atom. The number of benzene rings is 1. The quantitative estimate of drug-likeness (QED) is 0.660. The van der Waals surface area contributed by atoms with Crippen LogP contribution in [0, 0.1) is 20.8 Å². The summed E-state index contributed by atoms with van der Waals surface area (Å²) in [6.45, 7) is 6.77. The van der Waals surface area contributed by atoms with Crippen molar-refractivity contribution in [2.75, 3.05) is 17.4 Å². The lowest BCUT2D eigenvalue weighted by Crippen LogP contribution is -2.20. The molecule has 0 radical (unpaired) electrons. The third-order valence-electron chi connectivity index (χ3n) is 3.07. The molecule has 20 heavy (non-hydrogen) atoms. The number of aromatic nitrogens is 2. The van der Waals surface area contributed by atoms with Crippen LogP contribution in [0.25, 0.3) is 0 Å². The highest BCUT2D eigenvalue weighted by Crippen LogP contribution is 2.19. The van der Waals surface area contributed by atoms with Gasteiger partial charge in [0.25, 0.3) is 0 Å². The highest BCUT2D eigenvalue weighted by atomic mass is 15.3. The molecule has 1 heterocycles. The van der Waals surface area contributed by atoms with Gasteiger partial charge in [0, 0.05) is 24.5 Å². The predicted octanol–water partition coefficient (Wildman–Crippen LogP) is 2.32. The zero-order chi connectivity index (χ0) is 14.7. The fraction of sp³-hybridized carbons (Fsp3) is 0.333. The van der Waals surface area contributed by atoms with Crippen molar-refractivity contribution >= 4 is 11.5 Å². The second-order valence-corrected chi connectivity index (χ2v) is 5.16. The van der Waals surface area contributed by atoms with E-state index in [0.717, 1.165) is 17.2 Å². The highest BCUT2D eigenvalue weighted by Gasteiger charge is 2.07. The highest BCUT2D eigenvalue weighted by molar-refractivity contribution is 5.50. The van der Waals surface area contributed by atoms with Gasteiger partial charge in [0.05, 0.1) is 6.54 Å². The summed E-state index contributed by atoms with van der Waals surface area (Å²) in [4.78, 5) is 11.0. The molecule has 0 spiro atoms. The zero-order valence-corrected chi connectivity index (χ0v) is 12.4. The Hall–Kier alpha value is -2.14. The third-order valence-corrected chi connectivity index (χ3v) is 3.07. The van der Waals surface area contributed by atoms with Crippen LogP contribution in [0.5, 0.6) is 0 Å². The molecule has 106 valence electrons. The molecule has 0 bridgehead atoms. The van der Waals surface area contributed by atoms with Crippen molar-refractivity contribution in [3.8, 4) is 0 Å². The van der Waals surface area contributed by atoms with E-state index in [9.17, 15) is 0 Å². The number of nitrogens with two attached hydrogens (primary N) is 1. The van der Waals surface area contributed by atoms with E-state index >= 15 is 0 Å². The van der Waals surface area contributed by atoms with Gasteiger partial charge < -0.3 is 10.3 Å². The zero-order valence-electron chi connectivity index (χ0n) is 12.4. The Morgan fingerprint density at radius 1 is 1.05 bits per heavy atom. The minimum absolute atomic E-state index is 0.638. The van der Waals surface area contributed by atoms with Gasteiger partial charge in [-0.2, -0.15) is 0 Å². The van der Waals surface area contributed by atoms with Crippen LogP contribution in [0.2, 0.25) is 0 Å². The Kier molecular flexibility index (Phi) is 4.20. The lowest BCUT2D eigenvalue weighted by Gasteiger charge is -2.20. The van der Waals surface area contributed by atoms with Crippen molar-refractivity contribution in [1.29, 1.82) is 0 Å². The summed E-state index contributed by atoms with van der Waals surface area (Å²) in [5.74, 6) is 6.81. The van der Waals surface area contributed by atoms with E-state index in [1.165, 1.54) is 11.1 Å². The Bertz CT molecular complexity index is 589. The van der Waals surface area contributed by atoms with Crippen molar-refractivity contribution in [3.63, 3.8) is 0 Å². The maximum absolute atomic E-state index is 5.42. The van der Waals surface area contributed by atoms with E-state index in [0.29, 0.717) is 12.4 Å². The first-order chi connectivity index (χ1) is 9.47. The van der Waals surface area contributed by atoms with E-state index in [1.807, 2.05) is 20.0 Å². The average Bonchev–Trinajstić information content (AvgIpc) is 2.36. The molecule has 0 atom stereocenters. The molecule has 0 aliphatic rings. The molecule has 1 aromatic carbocycles. The summed E-state index contributed by atoms with van der Waals surface area (Å²) >= 11 is 0. The summed E-state index contributed by atoms with van der Waals surface area (Å²) in [7, 11) is 2.04. The minimum Gasteiger partial charge on any atom is -0.367 e. The van der Waals surface area contributed by atoms with Crippen molar-refractivity contribution in [1.82, 2.24) is 9.97 Å². The van der Waals surface area contributed by atoms with E-state index in [-0.39, 0.29) is 0 Å². The van der Waals surface area contributed by atoms with Crippen molar-refractivity contribution < 1.29 is 0 Å². The molecule has 0 fully saturated rings. The minimum atomic E-state index is 0.638. The Morgan fingerprint density at radius 3 is 2.30 bits per heavy atom. The normalized spacial score (nSPS) is 10.4. The molecule has 0 amide bonds. The number of nitrogens with zero attached hydrogens (tertiary/aromatic N) is 3. The first-order valence-electron chi connectivity index (χ1n) is 6.58. The maximum atomic E-state index is 5.42. The van der Waals surface area contributed by atoms with Crippen LogP contribution in [-0.2, 0) is 6.54 Å². The fourth-order valence-electron chi connectivity index (χ4n) is 2.25. The van der Waals surface area contributed by atoms with Crippen LogP contribution in [0.15, 0.2) is 24.3 Å². The van der Waals surface area contributed by atoms with Crippen LogP contribution in [0.1, 0.15) is 22.6 Å². The number of nitrogen functional groups attached to an aromatic ring is 1. The average molecular weight is 271 g/mol. The van der Waals surface area contributed by atoms with Crippen LogP contribution in [-0.4, -0.2) is 17.0 Å². The first kappa shape index (κ1) is 14.3. The Labute approximate surface area is 119 Å². The molecule has 0 saturated carbocycles. The lowest BCUT2D eigenvalue weighted by molar-refractivity contribution is 0.828. The molecule has 5 heteroatoms. The summed E-state index contributed by atoms with van der Waals surface area (Å²) in [5.41, 5.74) is 7.13. The molecule has 2 rings (SSSR count). The molecule has 3 N–H and O–H groups in total. The number of aryl methyl sites for hydroxylation is 3. The number of hydrogen-bond donors (Lipinski definition) is 2. The van der Waals surface area contributed by atoms with E-state index in [2.05, 4.69) is 52.3 Å². The van der Waals surface area contributed by atoms with Crippen LogP contribution >= 0.6 is 0 Å². The second-order valence-electron chi connectivity index (χ2n) is 5.16. The number of rotatable bonds is 4. The van der Waals surface area contributed by atoms with E-state index in [1.54, 1.807) is 0 Å². The van der Waals surface area contributed by atoms with Crippen molar-refractivity contribution in [2.24, 2.45) is 5.84 Å². The van der Waals surface area contributed by atoms with Gasteiger partial charge >= 0.3 is 0 Å². The maximum Gasteiger partial charge on any atom is 0.150 e. The standard InChI is InChI=1S/C15H21N5/c1-10-5-11(2)7-13(6-10)20(4)9-15-17-12(3)8-14(18-15)19-16/h5-8H,9,16H2,1-4H3,(H,17,18,19). The predicted molar refractivity (Wildman–Crippen MR) is 82.6 cm³/mol. The van der Waals surface area contributed by atoms with Crippen molar-refractivity contribution in [2.45, 2.75) is 27.3 Å². The van der Waals surface area contributed by atoms with Gasteiger partial charge in [-0.1, -0.05) is 6.07 Å². The Balaban J connectivity index is 2.22. The van der Waals surface area contributed by atoms with Crippen molar-refractivity contribution in [3.05, 3.63) is 46.9 Å². The van der Waals surface area contributed by atoms with Gasteiger partial charge in [0.1, 0.15) is 11.6 Å². The van der Waals surface area contributed by atoms with Gasteiger partial charge in [-0.3, -0.25) is 0 Å². The topological polar surface area (TPSA) is 67.1 Å². The molecular formula is C15H21N5. The third kappa shape index (κ3) is 3.45. The van der Waals surface area contributed by atoms with Crippen LogP contribution < -0.4 is 16.2 Å². The van der Waals surface area contributed by atoms with Gasteiger partial charge in [0.2, 0.25) is 0 Å². The first-order valence-corrected chi connectivity index (χ1v) is 6.58. The van der Waals surface area contributed by atoms with E-state index in [4.69, 9.17) is 5.84 Å². The molecule has 0 aliphatic carbocycles. The molecule has 0 unspecified atom stereocenters. The van der Waals surface area contributed by atoms with Crippen LogP contribution in [0.4, 0.5) is 11.5 Å². The molecule has 5 nitrogen and oxygen atoms in total. The van der Waals surface area contributed by atoms with E-state index < -0.39 is 0 Å². The number of hydrazine groups is 1. The molecule has 2 aromatic rings. The number of nitrogens with one attached hydrogen (secondary N) is 1. The lowest BCUT2D eigenvalue weighted by atomic mass is 10.1. The molecule has 1 aromatic heterocycles. The van der Waals surface area contributed by atoms with Gasteiger partial charge in [0.15, 0.2) is 0 Å². The fourth-order valence-corrected chi connectivity index (χ4v) is 2.25. The monoisotopic (exact) mass is 271 g/mol. The SMILES string of the molecule is Cc1cc(C)cc(N(C)Cc2nc(C)cc(NN)n2)c1. The van der Waals surface area contributed by atoms with Gasteiger partial charge in [-0.15, -0.1) is 0 Å². The number of hydrogen-bond acceptors (Lipinski definition) is 5. The second kappa shape index (κ2) is 5.88. The summed E-state index contributed by atoms with van der Waals surface area (Å²) in [6.07, 6.45) is 0. The largest absolute Gasteiger partial charge is 0.367 e. The molecule has 0 saturated heterocycles. The smallest absolute Gasteiger partial charge is 0.150 e. The van der Waals surface area contributed by atoms with Gasteiger partial charge in [-0.25, -0.2) is 15.8 Å². The van der Waals surface area contributed by atoms with Gasteiger partial charge in [-0.05, 0) is 44.0 Å². The summed E-state index contributed by atoms with van der Waals surface area (Å²) in [6, 6.07) is 8.30. The molecule has 0 aliphatic heterocycles. The molecular weight excluding hydrogens is 250 g/mol. The van der Waals surface area contributed by atoms with Crippen LogP contribution in [0.3, 0.4) is 0 Å².